The maximum absolute atomic E-state index is 12.0. The minimum atomic E-state index is -4.07. The third-order valence-corrected chi connectivity index (χ3v) is 2.10. The van der Waals surface area contributed by atoms with E-state index in [2.05, 4.69) is 11.2 Å². The van der Waals surface area contributed by atoms with E-state index in [-0.39, 0.29) is 12.5 Å². The summed E-state index contributed by atoms with van der Waals surface area (Å²) in [5.41, 5.74) is 0. The summed E-state index contributed by atoms with van der Waals surface area (Å²) >= 11 is 0. The third kappa shape index (κ3) is 9.61. The Bertz CT molecular complexity index is 193. The molecule has 1 unspecified atom stereocenters. The van der Waals surface area contributed by atoms with Gasteiger partial charge in [-0.25, -0.2) is 0 Å². The topological polar surface area (TPSA) is 12.0 Å². The first-order valence-corrected chi connectivity index (χ1v) is 5.23. The number of rotatable bonds is 7. The zero-order chi connectivity index (χ0) is 11.7. The van der Waals surface area contributed by atoms with Gasteiger partial charge in [-0.1, -0.05) is 6.92 Å². The predicted octanol–water partition coefficient (Wildman–Crippen LogP) is 3.11. The van der Waals surface area contributed by atoms with Crippen LogP contribution in [0.15, 0.2) is 0 Å². The van der Waals surface area contributed by atoms with Gasteiger partial charge in [-0.2, -0.15) is 13.2 Å². The van der Waals surface area contributed by atoms with Crippen LogP contribution in [0.4, 0.5) is 13.2 Å². The average Bonchev–Trinajstić information content (AvgIpc) is 2.15. The summed E-state index contributed by atoms with van der Waals surface area (Å²) in [6.07, 6.45) is 2.46. The van der Waals surface area contributed by atoms with Crippen molar-refractivity contribution < 1.29 is 13.2 Å². The molecular formula is C11H18F3N. The van der Waals surface area contributed by atoms with E-state index in [9.17, 15) is 13.2 Å². The zero-order valence-corrected chi connectivity index (χ0v) is 9.03. The third-order valence-electron chi connectivity index (χ3n) is 2.10. The minimum absolute atomic E-state index is 0.109. The lowest BCUT2D eigenvalue weighted by Gasteiger charge is -2.18. The van der Waals surface area contributed by atoms with E-state index in [0.717, 1.165) is 13.0 Å². The lowest BCUT2D eigenvalue weighted by Crippen LogP contribution is -2.31. The van der Waals surface area contributed by atoms with Gasteiger partial charge in [0, 0.05) is 18.9 Å². The highest BCUT2D eigenvalue weighted by molar-refractivity contribution is 4.85. The van der Waals surface area contributed by atoms with Crippen molar-refractivity contribution in [1.29, 1.82) is 0 Å². The van der Waals surface area contributed by atoms with Crippen LogP contribution < -0.4 is 5.32 Å². The van der Waals surface area contributed by atoms with Gasteiger partial charge in [0.15, 0.2) is 0 Å². The Morgan fingerprint density at radius 2 is 2.00 bits per heavy atom. The Balaban J connectivity index is 3.85. The summed E-state index contributed by atoms with van der Waals surface area (Å²) in [4.78, 5) is 0. The van der Waals surface area contributed by atoms with Gasteiger partial charge in [0.1, 0.15) is 0 Å². The van der Waals surface area contributed by atoms with Gasteiger partial charge < -0.3 is 5.32 Å². The molecule has 0 spiro atoms. The highest BCUT2D eigenvalue weighted by Gasteiger charge is 2.27. The minimum Gasteiger partial charge on any atom is -0.314 e. The molecule has 88 valence electrons. The second kappa shape index (κ2) is 7.58. The molecule has 0 aromatic rings. The van der Waals surface area contributed by atoms with Crippen molar-refractivity contribution in [3.63, 3.8) is 0 Å². The average molecular weight is 221 g/mol. The number of terminal acetylenes is 1. The number of alkyl halides is 3. The van der Waals surface area contributed by atoms with Gasteiger partial charge >= 0.3 is 6.18 Å². The molecule has 0 aliphatic heterocycles. The van der Waals surface area contributed by atoms with Crippen LogP contribution >= 0.6 is 0 Å². The standard InChI is InChI=1S/C11H18F3N/c1-3-5-6-10(15-9-4-2)7-8-11(12,13)14/h1,10,15H,4-9H2,2H3. The van der Waals surface area contributed by atoms with E-state index in [4.69, 9.17) is 6.42 Å². The van der Waals surface area contributed by atoms with E-state index in [0.29, 0.717) is 12.8 Å². The Labute approximate surface area is 89.4 Å². The van der Waals surface area contributed by atoms with E-state index >= 15 is 0 Å². The summed E-state index contributed by atoms with van der Waals surface area (Å²) in [5, 5.41) is 3.08. The van der Waals surface area contributed by atoms with Crippen molar-refractivity contribution in [3.05, 3.63) is 0 Å². The fraction of sp³-hybridized carbons (Fsp3) is 0.818. The lowest BCUT2D eigenvalue weighted by atomic mass is 10.1. The molecule has 0 heterocycles. The molecule has 0 bridgehead atoms. The van der Waals surface area contributed by atoms with E-state index in [1.807, 2.05) is 6.92 Å². The summed E-state index contributed by atoms with van der Waals surface area (Å²) in [6, 6.07) is -0.109. The maximum Gasteiger partial charge on any atom is 0.389 e. The summed E-state index contributed by atoms with van der Waals surface area (Å²) in [5.74, 6) is 2.45. The van der Waals surface area contributed by atoms with Crippen molar-refractivity contribution in [1.82, 2.24) is 5.32 Å². The fourth-order valence-electron chi connectivity index (χ4n) is 1.29. The van der Waals surface area contributed by atoms with E-state index in [1.54, 1.807) is 0 Å². The van der Waals surface area contributed by atoms with Crippen molar-refractivity contribution in [2.24, 2.45) is 0 Å². The molecule has 0 radical (unpaired) electrons. The van der Waals surface area contributed by atoms with Crippen LogP contribution in [0.2, 0.25) is 0 Å². The van der Waals surface area contributed by atoms with Crippen LogP contribution in [-0.2, 0) is 0 Å². The molecule has 1 nitrogen and oxygen atoms in total. The van der Waals surface area contributed by atoms with Crippen LogP contribution in [0, 0.1) is 12.3 Å². The Morgan fingerprint density at radius 3 is 2.47 bits per heavy atom. The number of halogens is 3. The number of hydrogen-bond donors (Lipinski definition) is 1. The largest absolute Gasteiger partial charge is 0.389 e. The molecule has 0 rings (SSSR count). The van der Waals surface area contributed by atoms with Crippen LogP contribution in [0.3, 0.4) is 0 Å². The molecule has 0 aliphatic carbocycles. The molecule has 0 aromatic heterocycles. The smallest absolute Gasteiger partial charge is 0.314 e. The van der Waals surface area contributed by atoms with Crippen LogP contribution in [0.1, 0.15) is 39.0 Å². The number of hydrogen-bond acceptors (Lipinski definition) is 1. The maximum atomic E-state index is 12.0. The first kappa shape index (κ1) is 14.3. The molecular weight excluding hydrogens is 203 g/mol. The molecule has 1 atom stereocenters. The van der Waals surface area contributed by atoms with Gasteiger partial charge in [0.05, 0.1) is 0 Å². The van der Waals surface area contributed by atoms with Gasteiger partial charge in [-0.3, -0.25) is 0 Å². The molecule has 0 saturated heterocycles. The summed E-state index contributed by atoms with van der Waals surface area (Å²) < 4.78 is 36.0. The summed E-state index contributed by atoms with van der Waals surface area (Å²) in [6.45, 7) is 2.72. The molecule has 0 aromatic carbocycles. The highest BCUT2D eigenvalue weighted by atomic mass is 19.4. The molecule has 0 amide bonds. The molecule has 0 saturated carbocycles. The molecule has 15 heavy (non-hydrogen) atoms. The number of nitrogens with one attached hydrogen (secondary N) is 1. The van der Waals surface area contributed by atoms with Crippen molar-refractivity contribution >= 4 is 0 Å². The van der Waals surface area contributed by atoms with Crippen molar-refractivity contribution in [2.75, 3.05) is 6.54 Å². The van der Waals surface area contributed by atoms with Crippen molar-refractivity contribution in [2.45, 2.75) is 51.2 Å². The quantitative estimate of drug-likeness (QED) is 0.651. The molecule has 0 aliphatic rings. The lowest BCUT2D eigenvalue weighted by molar-refractivity contribution is -0.136. The highest BCUT2D eigenvalue weighted by Crippen LogP contribution is 2.23. The monoisotopic (exact) mass is 221 g/mol. The van der Waals surface area contributed by atoms with Gasteiger partial charge in [0.2, 0.25) is 0 Å². The van der Waals surface area contributed by atoms with Gasteiger partial charge in [-0.15, -0.1) is 12.3 Å². The first-order chi connectivity index (χ1) is 6.99. The zero-order valence-electron chi connectivity index (χ0n) is 9.03. The fourth-order valence-corrected chi connectivity index (χ4v) is 1.29. The molecule has 0 fully saturated rings. The Morgan fingerprint density at radius 1 is 1.33 bits per heavy atom. The predicted molar refractivity (Wildman–Crippen MR) is 55.4 cm³/mol. The SMILES string of the molecule is C#CCCC(CCC(F)(F)F)NCCC. The second-order valence-electron chi connectivity index (χ2n) is 3.55. The van der Waals surface area contributed by atoms with Gasteiger partial charge in [-0.05, 0) is 25.8 Å². The van der Waals surface area contributed by atoms with Crippen LogP contribution in [0.5, 0.6) is 0 Å². The Kier molecular flexibility index (Phi) is 7.23. The molecule has 4 heteroatoms. The van der Waals surface area contributed by atoms with E-state index < -0.39 is 12.6 Å². The first-order valence-electron chi connectivity index (χ1n) is 5.23. The normalized spacial score (nSPS) is 13.5. The molecule has 1 N–H and O–H groups in total. The van der Waals surface area contributed by atoms with Crippen LogP contribution in [0.25, 0.3) is 0 Å². The van der Waals surface area contributed by atoms with Gasteiger partial charge in [0.25, 0.3) is 0 Å². The summed E-state index contributed by atoms with van der Waals surface area (Å²) in [7, 11) is 0. The second-order valence-corrected chi connectivity index (χ2v) is 3.55. The van der Waals surface area contributed by atoms with E-state index in [1.165, 1.54) is 0 Å². The van der Waals surface area contributed by atoms with Crippen LogP contribution in [-0.4, -0.2) is 18.8 Å². The Hall–Kier alpha value is -0.690. The van der Waals surface area contributed by atoms with Crippen molar-refractivity contribution in [3.8, 4) is 12.3 Å².